The average molecular weight is 319 g/mol. The van der Waals surface area contributed by atoms with Crippen molar-refractivity contribution in [1.82, 2.24) is 5.32 Å². The third kappa shape index (κ3) is 6.72. The van der Waals surface area contributed by atoms with Crippen molar-refractivity contribution in [1.29, 1.82) is 0 Å². The zero-order valence-electron chi connectivity index (χ0n) is 13.4. The molecule has 1 saturated carbocycles. The van der Waals surface area contributed by atoms with Crippen molar-refractivity contribution < 1.29 is 19.4 Å². The maximum absolute atomic E-state index is 11.8. The molecule has 0 aromatic heterocycles. The van der Waals surface area contributed by atoms with Crippen LogP contribution in [0.1, 0.15) is 50.5 Å². The first-order valence-electron chi connectivity index (χ1n) is 8.33. The van der Waals surface area contributed by atoms with E-state index in [9.17, 15) is 9.59 Å². The molecule has 126 valence electrons. The summed E-state index contributed by atoms with van der Waals surface area (Å²) in [6.45, 7) is 0.923. The Labute approximate surface area is 137 Å². The van der Waals surface area contributed by atoms with Gasteiger partial charge in [-0.3, -0.25) is 9.59 Å². The van der Waals surface area contributed by atoms with Crippen LogP contribution in [0, 0.1) is 5.92 Å². The van der Waals surface area contributed by atoms with Crippen LogP contribution in [0.4, 0.5) is 0 Å². The lowest BCUT2D eigenvalue weighted by atomic mass is 9.82. The van der Waals surface area contributed by atoms with Crippen molar-refractivity contribution in [2.45, 2.75) is 51.5 Å². The first-order valence-corrected chi connectivity index (χ1v) is 8.33. The number of carbonyl (C=O) groups is 2. The van der Waals surface area contributed by atoms with Gasteiger partial charge in [0.2, 0.25) is 5.91 Å². The molecule has 23 heavy (non-hydrogen) atoms. The average Bonchev–Trinajstić information content (AvgIpc) is 2.49. The van der Waals surface area contributed by atoms with Crippen LogP contribution in [-0.2, 0) is 16.1 Å². The Balaban J connectivity index is 1.61. The van der Waals surface area contributed by atoms with Crippen LogP contribution in [-0.4, -0.2) is 23.6 Å². The number of nitrogens with one attached hydrogen (secondary N) is 1. The van der Waals surface area contributed by atoms with Gasteiger partial charge in [0.15, 0.2) is 0 Å². The Bertz CT molecular complexity index is 508. The van der Waals surface area contributed by atoms with Gasteiger partial charge in [-0.25, -0.2) is 0 Å². The molecule has 1 aromatic carbocycles. The van der Waals surface area contributed by atoms with Gasteiger partial charge in [0.25, 0.3) is 0 Å². The minimum Gasteiger partial charge on any atom is -0.494 e. The zero-order chi connectivity index (χ0) is 16.5. The predicted molar refractivity (Wildman–Crippen MR) is 87.2 cm³/mol. The van der Waals surface area contributed by atoms with Crippen molar-refractivity contribution >= 4 is 11.9 Å². The summed E-state index contributed by atoms with van der Waals surface area (Å²) < 4.78 is 5.47. The fourth-order valence-corrected chi connectivity index (χ4v) is 2.52. The molecule has 0 bridgehead atoms. The highest BCUT2D eigenvalue weighted by molar-refractivity contribution is 5.75. The number of ether oxygens (including phenoxy) is 1. The first-order chi connectivity index (χ1) is 11.1. The minimum absolute atomic E-state index is 0.116. The molecule has 0 saturated heterocycles. The highest BCUT2D eigenvalue weighted by Crippen LogP contribution is 2.30. The number of rotatable bonds is 10. The number of amides is 1. The summed E-state index contributed by atoms with van der Waals surface area (Å²) in [5.41, 5.74) is 1.03. The highest BCUT2D eigenvalue weighted by atomic mass is 16.5. The van der Waals surface area contributed by atoms with Crippen LogP contribution in [0.3, 0.4) is 0 Å². The Kier molecular flexibility index (Phi) is 6.91. The predicted octanol–water partition coefficient (Wildman–Crippen LogP) is 3.13. The molecule has 1 aromatic rings. The molecule has 0 radical (unpaired) electrons. The Morgan fingerprint density at radius 2 is 1.91 bits per heavy atom. The first kappa shape index (κ1) is 17.3. The molecular formula is C18H25NO4. The lowest BCUT2D eigenvalue weighted by Crippen LogP contribution is -2.24. The van der Waals surface area contributed by atoms with Gasteiger partial charge in [-0.1, -0.05) is 31.4 Å². The summed E-state index contributed by atoms with van der Waals surface area (Å²) in [7, 11) is 0. The number of carboxylic acid groups (broad SMARTS) is 1. The van der Waals surface area contributed by atoms with E-state index in [-0.39, 0.29) is 12.3 Å². The lowest BCUT2D eigenvalue weighted by Gasteiger charge is -2.24. The van der Waals surface area contributed by atoms with Crippen LogP contribution < -0.4 is 10.1 Å². The van der Waals surface area contributed by atoms with Crippen molar-refractivity contribution in [3.8, 4) is 5.75 Å². The van der Waals surface area contributed by atoms with E-state index in [1.807, 2.05) is 24.3 Å². The summed E-state index contributed by atoms with van der Waals surface area (Å²) in [6, 6.07) is 7.52. The van der Waals surface area contributed by atoms with Crippen LogP contribution in [0.25, 0.3) is 0 Å². The Hall–Kier alpha value is -2.04. The second kappa shape index (κ2) is 9.18. The fourth-order valence-electron chi connectivity index (χ4n) is 2.52. The molecule has 0 atom stereocenters. The molecular weight excluding hydrogens is 294 g/mol. The molecule has 0 aliphatic heterocycles. The van der Waals surface area contributed by atoms with Crippen LogP contribution >= 0.6 is 0 Å². The molecule has 0 spiro atoms. The Morgan fingerprint density at radius 1 is 1.17 bits per heavy atom. The van der Waals surface area contributed by atoms with Gasteiger partial charge >= 0.3 is 5.97 Å². The second-order valence-electron chi connectivity index (χ2n) is 6.10. The van der Waals surface area contributed by atoms with E-state index >= 15 is 0 Å². The largest absolute Gasteiger partial charge is 0.494 e. The van der Waals surface area contributed by atoms with Gasteiger partial charge in [0.1, 0.15) is 5.75 Å². The third-order valence-corrected chi connectivity index (χ3v) is 4.22. The molecule has 1 aliphatic rings. The normalized spacial score (nSPS) is 14.1. The van der Waals surface area contributed by atoms with E-state index in [1.54, 1.807) is 0 Å². The third-order valence-electron chi connectivity index (χ3n) is 4.22. The number of hydrogen-bond donors (Lipinski definition) is 2. The van der Waals surface area contributed by atoms with E-state index in [0.29, 0.717) is 26.0 Å². The van der Waals surface area contributed by atoms with Gasteiger partial charge in [-0.05, 0) is 36.5 Å². The molecule has 2 rings (SSSR count). The highest BCUT2D eigenvalue weighted by Gasteiger charge is 2.18. The van der Waals surface area contributed by atoms with E-state index in [4.69, 9.17) is 9.84 Å². The number of aliphatic carboxylic acids is 1. The fraction of sp³-hybridized carbons (Fsp3) is 0.556. The van der Waals surface area contributed by atoms with E-state index in [2.05, 4.69) is 5.32 Å². The van der Waals surface area contributed by atoms with E-state index in [0.717, 1.165) is 23.7 Å². The van der Waals surface area contributed by atoms with Crippen LogP contribution in [0.2, 0.25) is 0 Å². The standard InChI is InChI=1S/C18H25NO4/c20-17(11-8-14-3-1-4-14)19-13-15-6-9-16(10-7-15)23-12-2-5-18(21)22/h6-7,9-10,14H,1-5,8,11-13H2,(H,19,20)(H,21,22). The van der Waals surface area contributed by atoms with Gasteiger partial charge in [-0.15, -0.1) is 0 Å². The Morgan fingerprint density at radius 3 is 2.52 bits per heavy atom. The summed E-state index contributed by atoms with van der Waals surface area (Å²) in [5.74, 6) is 0.789. The molecule has 1 fully saturated rings. The van der Waals surface area contributed by atoms with Crippen LogP contribution in [0.15, 0.2) is 24.3 Å². The maximum Gasteiger partial charge on any atom is 0.303 e. The molecule has 1 aliphatic carbocycles. The topological polar surface area (TPSA) is 75.6 Å². The molecule has 2 N–H and O–H groups in total. The summed E-state index contributed by atoms with van der Waals surface area (Å²) >= 11 is 0. The smallest absolute Gasteiger partial charge is 0.303 e. The number of benzene rings is 1. The van der Waals surface area contributed by atoms with Gasteiger partial charge in [0, 0.05) is 19.4 Å². The zero-order valence-corrected chi connectivity index (χ0v) is 13.4. The molecule has 5 heteroatoms. The summed E-state index contributed by atoms with van der Waals surface area (Å²) in [6.07, 6.45) is 6.11. The van der Waals surface area contributed by atoms with Gasteiger partial charge in [0.05, 0.1) is 6.61 Å². The van der Waals surface area contributed by atoms with Gasteiger partial charge < -0.3 is 15.2 Å². The molecule has 0 unspecified atom stereocenters. The SMILES string of the molecule is O=C(O)CCCOc1ccc(CNC(=O)CCC2CCC2)cc1. The number of hydrogen-bond acceptors (Lipinski definition) is 3. The minimum atomic E-state index is -0.808. The molecule has 0 heterocycles. The van der Waals surface area contributed by atoms with Crippen molar-refractivity contribution in [3.05, 3.63) is 29.8 Å². The summed E-state index contributed by atoms with van der Waals surface area (Å²) in [4.78, 5) is 22.2. The quantitative estimate of drug-likeness (QED) is 0.650. The van der Waals surface area contributed by atoms with Gasteiger partial charge in [-0.2, -0.15) is 0 Å². The van der Waals surface area contributed by atoms with Crippen molar-refractivity contribution in [2.75, 3.05) is 6.61 Å². The number of carbonyl (C=O) groups excluding carboxylic acids is 1. The maximum atomic E-state index is 11.8. The molecule has 1 amide bonds. The van der Waals surface area contributed by atoms with Crippen LogP contribution in [0.5, 0.6) is 5.75 Å². The number of carboxylic acids is 1. The van der Waals surface area contributed by atoms with Crippen molar-refractivity contribution in [2.24, 2.45) is 5.92 Å². The van der Waals surface area contributed by atoms with Crippen molar-refractivity contribution in [3.63, 3.8) is 0 Å². The van der Waals surface area contributed by atoms with E-state index in [1.165, 1.54) is 19.3 Å². The molecule has 5 nitrogen and oxygen atoms in total. The monoisotopic (exact) mass is 319 g/mol. The summed E-state index contributed by atoms with van der Waals surface area (Å²) in [5, 5.41) is 11.5. The lowest BCUT2D eigenvalue weighted by molar-refractivity contribution is -0.137. The van der Waals surface area contributed by atoms with E-state index < -0.39 is 5.97 Å². The second-order valence-corrected chi connectivity index (χ2v) is 6.10.